The molecule has 0 bridgehead atoms. The molecule has 1 aromatic carbocycles. The highest BCUT2D eigenvalue weighted by Crippen LogP contribution is 2.23. The van der Waals surface area contributed by atoms with Crippen molar-refractivity contribution in [2.45, 2.75) is 19.4 Å². The Balaban J connectivity index is 1.35. The third kappa shape index (κ3) is 4.06. The minimum absolute atomic E-state index is 0.0101. The number of rotatable bonds is 4. The van der Waals surface area contributed by atoms with Crippen molar-refractivity contribution >= 4 is 17.5 Å². The molecule has 2 saturated heterocycles. The van der Waals surface area contributed by atoms with E-state index in [1.165, 1.54) is 0 Å². The highest BCUT2D eigenvalue weighted by Gasteiger charge is 2.34. The van der Waals surface area contributed by atoms with Gasteiger partial charge in [-0.3, -0.25) is 14.5 Å². The van der Waals surface area contributed by atoms with Crippen LogP contribution in [-0.4, -0.2) is 54.3 Å². The van der Waals surface area contributed by atoms with E-state index in [1.54, 1.807) is 16.1 Å². The number of benzene rings is 1. The quantitative estimate of drug-likeness (QED) is 0.833. The number of piperazine rings is 1. The predicted octanol–water partition coefficient (Wildman–Crippen LogP) is 2.37. The maximum Gasteiger partial charge on any atom is 0.246 e. The number of hydrogen-bond donors (Lipinski definition) is 0. The fourth-order valence-electron chi connectivity index (χ4n) is 4.02. The van der Waals surface area contributed by atoms with Crippen LogP contribution in [0.3, 0.4) is 0 Å². The largest absolute Gasteiger partial charge is 0.468 e. The lowest BCUT2D eigenvalue weighted by molar-refractivity contribution is -0.141. The van der Waals surface area contributed by atoms with E-state index in [0.29, 0.717) is 13.1 Å². The average molecular weight is 367 g/mol. The van der Waals surface area contributed by atoms with Gasteiger partial charge in [-0.2, -0.15) is 0 Å². The van der Waals surface area contributed by atoms with Gasteiger partial charge in [-0.05, 0) is 43.7 Å². The number of furan rings is 1. The van der Waals surface area contributed by atoms with E-state index in [-0.39, 0.29) is 24.3 Å². The van der Waals surface area contributed by atoms with E-state index in [9.17, 15) is 9.59 Å². The molecule has 2 amide bonds. The standard InChI is InChI=1S/C21H25N3O3/c25-20-16-23(11-12-24(20)18-7-2-1-3-8-18)21(26)17-6-4-10-22(14-17)15-19-9-5-13-27-19/h1-3,5,7-9,13,17H,4,6,10-12,14-16H2/t17-/m0/s1. The highest BCUT2D eigenvalue weighted by molar-refractivity contribution is 5.98. The third-order valence-corrected chi connectivity index (χ3v) is 5.41. The molecule has 1 aromatic heterocycles. The molecule has 2 aromatic rings. The van der Waals surface area contributed by atoms with E-state index in [0.717, 1.165) is 43.9 Å². The van der Waals surface area contributed by atoms with Crippen molar-refractivity contribution < 1.29 is 14.0 Å². The summed E-state index contributed by atoms with van der Waals surface area (Å²) in [6.07, 6.45) is 3.56. The van der Waals surface area contributed by atoms with Crippen LogP contribution in [0.5, 0.6) is 0 Å². The minimum Gasteiger partial charge on any atom is -0.468 e. The highest BCUT2D eigenvalue weighted by atomic mass is 16.3. The number of likely N-dealkylation sites (tertiary alicyclic amines) is 1. The van der Waals surface area contributed by atoms with Gasteiger partial charge in [0.25, 0.3) is 0 Å². The van der Waals surface area contributed by atoms with Crippen LogP contribution in [0.4, 0.5) is 5.69 Å². The molecule has 6 heteroatoms. The zero-order chi connectivity index (χ0) is 18.6. The van der Waals surface area contributed by atoms with Gasteiger partial charge in [0.05, 0.1) is 18.7 Å². The smallest absolute Gasteiger partial charge is 0.246 e. The molecule has 0 spiro atoms. The molecule has 3 heterocycles. The molecule has 0 unspecified atom stereocenters. The van der Waals surface area contributed by atoms with Crippen LogP contribution in [0.15, 0.2) is 53.1 Å². The molecule has 4 rings (SSSR count). The maximum absolute atomic E-state index is 13.0. The lowest BCUT2D eigenvalue weighted by atomic mass is 9.96. The van der Waals surface area contributed by atoms with Crippen LogP contribution in [0.1, 0.15) is 18.6 Å². The van der Waals surface area contributed by atoms with E-state index < -0.39 is 0 Å². The molecule has 27 heavy (non-hydrogen) atoms. The zero-order valence-corrected chi connectivity index (χ0v) is 15.4. The summed E-state index contributed by atoms with van der Waals surface area (Å²) in [6, 6.07) is 13.5. The first-order valence-corrected chi connectivity index (χ1v) is 9.59. The third-order valence-electron chi connectivity index (χ3n) is 5.41. The molecule has 0 aliphatic carbocycles. The second-order valence-corrected chi connectivity index (χ2v) is 7.29. The van der Waals surface area contributed by atoms with Gasteiger partial charge in [0.2, 0.25) is 11.8 Å². The van der Waals surface area contributed by atoms with Crippen molar-refractivity contribution in [1.29, 1.82) is 0 Å². The Hall–Kier alpha value is -2.60. The van der Waals surface area contributed by atoms with Crippen LogP contribution in [0.2, 0.25) is 0 Å². The van der Waals surface area contributed by atoms with Crippen LogP contribution in [0.25, 0.3) is 0 Å². The van der Waals surface area contributed by atoms with Gasteiger partial charge in [-0.25, -0.2) is 0 Å². The zero-order valence-electron chi connectivity index (χ0n) is 15.4. The number of nitrogens with zero attached hydrogens (tertiary/aromatic N) is 3. The fourth-order valence-corrected chi connectivity index (χ4v) is 4.02. The number of hydrogen-bond acceptors (Lipinski definition) is 4. The molecule has 1 atom stereocenters. The van der Waals surface area contributed by atoms with Gasteiger partial charge in [0, 0.05) is 25.3 Å². The van der Waals surface area contributed by atoms with Crippen LogP contribution in [-0.2, 0) is 16.1 Å². The van der Waals surface area contributed by atoms with Crippen LogP contribution in [0, 0.1) is 5.92 Å². The minimum atomic E-state index is -0.0372. The summed E-state index contributed by atoms with van der Waals surface area (Å²) in [7, 11) is 0. The number of carbonyl (C=O) groups excluding carboxylic acids is 2. The Morgan fingerprint density at radius 1 is 1.07 bits per heavy atom. The molecule has 2 aliphatic rings. The molecule has 0 radical (unpaired) electrons. The number of amides is 2. The maximum atomic E-state index is 13.0. The molecule has 6 nitrogen and oxygen atoms in total. The van der Waals surface area contributed by atoms with Crippen molar-refractivity contribution in [2.75, 3.05) is 37.6 Å². The van der Waals surface area contributed by atoms with Crippen molar-refractivity contribution in [3.63, 3.8) is 0 Å². The van der Waals surface area contributed by atoms with Gasteiger partial charge >= 0.3 is 0 Å². The Kier molecular flexibility index (Phi) is 5.25. The Morgan fingerprint density at radius 2 is 1.93 bits per heavy atom. The summed E-state index contributed by atoms with van der Waals surface area (Å²) in [5.74, 6) is 0.990. The monoisotopic (exact) mass is 367 g/mol. The second-order valence-electron chi connectivity index (χ2n) is 7.29. The Bertz CT molecular complexity index is 775. The first kappa shape index (κ1) is 17.8. The Morgan fingerprint density at radius 3 is 2.67 bits per heavy atom. The molecular formula is C21H25N3O3. The molecule has 0 N–H and O–H groups in total. The Labute approximate surface area is 159 Å². The summed E-state index contributed by atoms with van der Waals surface area (Å²) in [6.45, 7) is 3.75. The van der Waals surface area contributed by atoms with Crippen LogP contribution >= 0.6 is 0 Å². The number of carbonyl (C=O) groups is 2. The van der Waals surface area contributed by atoms with Crippen LogP contribution < -0.4 is 4.90 Å². The molecule has 2 aliphatic heterocycles. The molecule has 142 valence electrons. The summed E-state index contributed by atoms with van der Waals surface area (Å²) >= 11 is 0. The fraction of sp³-hybridized carbons (Fsp3) is 0.429. The first-order chi connectivity index (χ1) is 13.2. The van der Waals surface area contributed by atoms with Gasteiger partial charge in [-0.15, -0.1) is 0 Å². The van der Waals surface area contributed by atoms with E-state index in [4.69, 9.17) is 4.42 Å². The van der Waals surface area contributed by atoms with Crippen molar-refractivity contribution in [2.24, 2.45) is 5.92 Å². The topological polar surface area (TPSA) is 57.0 Å². The van der Waals surface area contributed by atoms with Gasteiger partial charge in [0.1, 0.15) is 12.3 Å². The summed E-state index contributed by atoms with van der Waals surface area (Å²) in [5, 5.41) is 0. The van der Waals surface area contributed by atoms with Gasteiger partial charge in [0.15, 0.2) is 0 Å². The van der Waals surface area contributed by atoms with E-state index >= 15 is 0 Å². The summed E-state index contributed by atoms with van der Waals surface area (Å²) in [4.78, 5) is 31.4. The number of anilines is 1. The SMILES string of the molecule is O=C([C@H]1CCCN(Cc2ccco2)C1)N1CCN(c2ccccc2)C(=O)C1. The van der Waals surface area contributed by atoms with E-state index in [2.05, 4.69) is 4.90 Å². The number of para-hydroxylation sites is 1. The second kappa shape index (κ2) is 7.96. The lowest BCUT2D eigenvalue weighted by Gasteiger charge is -2.38. The van der Waals surface area contributed by atoms with Crippen molar-refractivity contribution in [1.82, 2.24) is 9.80 Å². The predicted molar refractivity (Wildman–Crippen MR) is 102 cm³/mol. The lowest BCUT2D eigenvalue weighted by Crippen LogP contribution is -2.55. The van der Waals surface area contributed by atoms with Gasteiger partial charge in [-0.1, -0.05) is 18.2 Å². The van der Waals surface area contributed by atoms with E-state index in [1.807, 2.05) is 42.5 Å². The summed E-state index contributed by atoms with van der Waals surface area (Å²) in [5.41, 5.74) is 0.900. The number of piperidine rings is 1. The van der Waals surface area contributed by atoms with Crippen molar-refractivity contribution in [3.8, 4) is 0 Å². The molecule has 0 saturated carbocycles. The average Bonchev–Trinajstić information content (AvgIpc) is 3.21. The summed E-state index contributed by atoms with van der Waals surface area (Å²) < 4.78 is 5.43. The van der Waals surface area contributed by atoms with Gasteiger partial charge < -0.3 is 14.2 Å². The molecule has 2 fully saturated rings. The molecular weight excluding hydrogens is 342 g/mol. The normalized spacial score (nSPS) is 21.5. The van der Waals surface area contributed by atoms with Crippen molar-refractivity contribution in [3.05, 3.63) is 54.5 Å². The first-order valence-electron chi connectivity index (χ1n) is 9.59.